The van der Waals surface area contributed by atoms with Crippen molar-refractivity contribution >= 4 is 19.3 Å². The van der Waals surface area contributed by atoms with Gasteiger partial charge in [0.1, 0.15) is 18.5 Å². The smallest absolute Gasteiger partial charge is 0.382 e. The monoisotopic (exact) mass is 521 g/mol. The average Bonchev–Trinajstić information content (AvgIpc) is 2.88. The quantitative estimate of drug-likeness (QED) is 0.393. The second kappa shape index (κ2) is 14.1. The van der Waals surface area contributed by atoms with Gasteiger partial charge in [0.2, 0.25) is 0 Å². The van der Waals surface area contributed by atoms with E-state index in [9.17, 15) is 14.2 Å². The first-order chi connectivity index (χ1) is 17.4. The van der Waals surface area contributed by atoms with Crippen molar-refractivity contribution < 1.29 is 32.7 Å². The lowest BCUT2D eigenvalue weighted by molar-refractivity contribution is -0.187. The van der Waals surface area contributed by atoms with Gasteiger partial charge in [0.15, 0.2) is 6.29 Å². The lowest BCUT2D eigenvalue weighted by atomic mass is 10.2. The zero-order valence-electron chi connectivity index (χ0n) is 20.4. The minimum Gasteiger partial charge on any atom is -0.406 e. The van der Waals surface area contributed by atoms with Crippen LogP contribution in [0.4, 0.5) is 5.82 Å². The van der Waals surface area contributed by atoms with Crippen LogP contribution in [0.5, 0.6) is 0 Å². The van der Waals surface area contributed by atoms with E-state index in [1.165, 1.54) is 24.2 Å². The molecule has 1 N–H and O–H groups in total. The predicted octanol–water partition coefficient (Wildman–Crippen LogP) is 3.62. The van der Waals surface area contributed by atoms with E-state index in [1.54, 1.807) is 44.2 Å². The van der Waals surface area contributed by atoms with E-state index in [1.807, 2.05) is 0 Å². The number of ether oxygens (including phenoxy) is 2. The van der Waals surface area contributed by atoms with E-state index >= 15 is 0 Å². The molecular weight excluding hydrogens is 489 g/mol. The van der Waals surface area contributed by atoms with E-state index in [2.05, 4.69) is 10.3 Å². The number of carbonyl (C=O) groups excluding carboxylic acids is 1. The highest BCUT2D eigenvalue weighted by molar-refractivity contribution is 7.57. The maximum Gasteiger partial charge on any atom is 0.382 e. The van der Waals surface area contributed by atoms with Crippen LogP contribution in [0.25, 0.3) is 0 Å². The van der Waals surface area contributed by atoms with Gasteiger partial charge >= 0.3 is 13.3 Å². The Bertz CT molecular complexity index is 1090. The van der Waals surface area contributed by atoms with Gasteiger partial charge in [-0.2, -0.15) is 4.98 Å². The van der Waals surface area contributed by atoms with Gasteiger partial charge in [0, 0.05) is 24.1 Å². The summed E-state index contributed by atoms with van der Waals surface area (Å²) in [5, 5.41) is 2.58. The summed E-state index contributed by atoms with van der Waals surface area (Å²) in [6.45, 7) is 4.34. The van der Waals surface area contributed by atoms with Crippen molar-refractivity contribution in [2.75, 3.05) is 31.7 Å². The van der Waals surface area contributed by atoms with Crippen LogP contribution in [0, 0.1) is 0 Å². The van der Waals surface area contributed by atoms with Crippen LogP contribution in [0.3, 0.4) is 0 Å². The third kappa shape index (κ3) is 8.69. The summed E-state index contributed by atoms with van der Waals surface area (Å²) in [5.41, 5.74) is -0.292. The van der Waals surface area contributed by atoms with Crippen LogP contribution in [0.2, 0.25) is 0 Å². The fourth-order valence-corrected chi connectivity index (χ4v) is 4.70. The second-order valence-electron chi connectivity index (χ2n) is 7.72. The Balaban J connectivity index is 1.67. The number of anilines is 1. The molecule has 11 nitrogen and oxygen atoms in total. The maximum atomic E-state index is 12.8. The molecule has 2 heterocycles. The Morgan fingerprint density at radius 1 is 1.22 bits per heavy atom. The van der Waals surface area contributed by atoms with Crippen molar-refractivity contribution in [3.05, 3.63) is 70.5 Å². The number of rotatable bonds is 13. The Morgan fingerprint density at radius 3 is 2.61 bits per heavy atom. The number of carbonyl (C=O) groups is 1. The van der Waals surface area contributed by atoms with E-state index < -0.39 is 25.7 Å². The fraction of sp³-hybridized carbons (Fsp3) is 0.458. The molecule has 0 unspecified atom stereocenters. The van der Waals surface area contributed by atoms with E-state index in [0.717, 1.165) is 17.6 Å². The fourth-order valence-electron chi connectivity index (χ4n) is 3.33. The molecule has 2 atom stereocenters. The molecule has 1 aromatic carbocycles. The molecule has 0 aliphatic carbocycles. The zero-order chi connectivity index (χ0) is 25.8. The normalized spacial score (nSPS) is 17.1. The van der Waals surface area contributed by atoms with Crippen molar-refractivity contribution in [2.24, 2.45) is 0 Å². The number of nitrogens with one attached hydrogen (secondary N) is 1. The Morgan fingerprint density at radius 2 is 1.97 bits per heavy atom. The zero-order valence-corrected chi connectivity index (χ0v) is 21.3. The molecule has 0 spiro atoms. The van der Waals surface area contributed by atoms with E-state index in [0.29, 0.717) is 18.6 Å². The maximum absolute atomic E-state index is 12.8. The summed E-state index contributed by atoms with van der Waals surface area (Å²) in [7, 11) is -3.46. The van der Waals surface area contributed by atoms with Crippen molar-refractivity contribution in [1.29, 1.82) is 0 Å². The van der Waals surface area contributed by atoms with Gasteiger partial charge in [-0.1, -0.05) is 18.2 Å². The topological polar surface area (TPSA) is 127 Å². The first-order valence-corrected chi connectivity index (χ1v) is 13.5. The average molecular weight is 522 g/mol. The molecule has 1 aromatic heterocycles. The van der Waals surface area contributed by atoms with Crippen LogP contribution in [0.15, 0.2) is 59.3 Å². The summed E-state index contributed by atoms with van der Waals surface area (Å²) in [5.74, 6) is 1.03. The van der Waals surface area contributed by atoms with Crippen LogP contribution in [-0.2, 0) is 23.1 Å². The van der Waals surface area contributed by atoms with Crippen molar-refractivity contribution in [3.8, 4) is 0 Å². The highest BCUT2D eigenvalue weighted by Crippen LogP contribution is 2.49. The molecule has 196 valence electrons. The molecule has 36 heavy (non-hydrogen) atoms. The molecule has 2 aromatic rings. The third-order valence-corrected chi connectivity index (χ3v) is 6.77. The Hall–Kier alpha value is -2.82. The highest BCUT2D eigenvalue weighted by atomic mass is 31.2. The summed E-state index contributed by atoms with van der Waals surface area (Å²) in [6.07, 6.45) is 4.31. The van der Waals surface area contributed by atoms with Gasteiger partial charge in [0.05, 0.1) is 19.4 Å². The number of amides is 1. The predicted molar refractivity (Wildman–Crippen MR) is 133 cm³/mol. The van der Waals surface area contributed by atoms with Gasteiger partial charge in [-0.05, 0) is 51.3 Å². The molecule has 3 rings (SSSR count). The lowest BCUT2D eigenvalue weighted by Crippen LogP contribution is -2.36. The molecule has 0 bridgehead atoms. The first-order valence-electron chi connectivity index (χ1n) is 11.9. The van der Waals surface area contributed by atoms with Crippen molar-refractivity contribution in [2.45, 2.75) is 45.5 Å². The number of aromatic nitrogens is 2. The van der Waals surface area contributed by atoms with Crippen LogP contribution in [0.1, 0.15) is 43.5 Å². The lowest BCUT2D eigenvalue weighted by Gasteiger charge is -2.26. The molecule has 1 aliphatic rings. The molecule has 1 saturated heterocycles. The largest absolute Gasteiger partial charge is 0.406 e. The second-order valence-corrected chi connectivity index (χ2v) is 9.62. The minimum atomic E-state index is -3.46. The van der Waals surface area contributed by atoms with E-state index in [4.69, 9.17) is 23.4 Å². The Labute approximate surface area is 209 Å². The third-order valence-electron chi connectivity index (χ3n) is 4.99. The molecule has 0 saturated carbocycles. The number of hydrogen-bond acceptors (Lipinski definition) is 9. The van der Waals surface area contributed by atoms with Crippen molar-refractivity contribution in [3.63, 3.8) is 0 Å². The molecule has 1 aliphatic heterocycles. The van der Waals surface area contributed by atoms with Crippen molar-refractivity contribution in [1.82, 2.24) is 9.71 Å². The Kier molecular flexibility index (Phi) is 10.8. The van der Waals surface area contributed by atoms with Gasteiger partial charge in [0.25, 0.3) is 5.91 Å². The summed E-state index contributed by atoms with van der Waals surface area (Å²) in [6, 6.07) is 10.0. The van der Waals surface area contributed by atoms with Crippen LogP contribution < -0.4 is 15.8 Å². The number of nitrogens with zero attached hydrogens (tertiary/aromatic N) is 2. The molecule has 1 fully saturated rings. The highest BCUT2D eigenvalue weighted by Gasteiger charge is 2.23. The van der Waals surface area contributed by atoms with Crippen LogP contribution >= 0.6 is 7.60 Å². The van der Waals surface area contributed by atoms with Gasteiger partial charge in [-0.3, -0.25) is 9.36 Å². The number of hydrogen-bond donors (Lipinski definition) is 1. The minimum absolute atomic E-state index is 0.0892. The summed E-state index contributed by atoms with van der Waals surface area (Å²) < 4.78 is 35.9. The first kappa shape index (κ1) is 27.8. The van der Waals surface area contributed by atoms with Gasteiger partial charge in [-0.25, -0.2) is 4.79 Å². The molecular formula is C24H32N3O8P. The van der Waals surface area contributed by atoms with Gasteiger partial charge in [-0.15, -0.1) is 4.73 Å². The standard InChI is InChI=1S/C24H32N3O8P/c1-3-33-36(30,34-4-2)17-14-20(35-22-12-8-9-16-31-22)18-32-27-15-13-21(26-24(27)29)25-23(28)19-10-6-5-7-11-19/h5-7,10-11,13-15,17,20,22H,3-4,8-9,12,16,18H2,1-2H3,(H,25,26,28,29)/b17-14+/t20-,22+/m1/s1. The summed E-state index contributed by atoms with van der Waals surface area (Å²) >= 11 is 0. The molecule has 1 amide bonds. The van der Waals surface area contributed by atoms with E-state index in [-0.39, 0.29) is 31.5 Å². The number of benzene rings is 1. The van der Waals surface area contributed by atoms with Gasteiger partial charge < -0.3 is 28.7 Å². The molecule has 0 radical (unpaired) electrons. The van der Waals surface area contributed by atoms with Crippen LogP contribution in [-0.4, -0.2) is 54.4 Å². The molecule has 12 heteroatoms. The summed E-state index contributed by atoms with van der Waals surface area (Å²) in [4.78, 5) is 34.2. The SMILES string of the molecule is CCOP(=O)(/C=C/[C@H](COn1ccc(NC(=O)c2ccccc2)nc1=O)O[C@H]1CCCCO1)OCC.